The number of rotatable bonds is 11. The Labute approximate surface area is 231 Å². The normalized spacial score (nSPS) is 16.2. The van der Waals surface area contributed by atoms with E-state index in [0.717, 1.165) is 4.90 Å². The minimum Gasteiger partial charge on any atom is -0.481 e. The molecule has 1 heterocycles. The maximum atomic E-state index is 12.9. The fraction of sp³-hybridized carbons (Fsp3) is 0.458. The van der Waals surface area contributed by atoms with Gasteiger partial charge in [-0.25, -0.2) is 9.59 Å². The lowest BCUT2D eigenvalue weighted by Gasteiger charge is -2.28. The van der Waals surface area contributed by atoms with Gasteiger partial charge in [-0.1, -0.05) is 38.1 Å². The molecule has 1 aliphatic heterocycles. The summed E-state index contributed by atoms with van der Waals surface area (Å²) in [4.78, 5) is 70.7. The number of halogens is 3. The monoisotopic (exact) mass is 589 g/mol. The number of amidine groups is 1. The van der Waals surface area contributed by atoms with Crippen molar-refractivity contribution in [2.45, 2.75) is 57.4 Å². The number of nitrogens with zero attached hydrogens (tertiary/aromatic N) is 1. The third-order valence-corrected chi connectivity index (χ3v) is 5.72. The Hall–Kier alpha value is -4.70. The maximum Gasteiger partial charge on any atom is 0.490 e. The second kappa shape index (κ2) is 14.6. The van der Waals surface area contributed by atoms with Gasteiger partial charge in [-0.2, -0.15) is 13.2 Å². The molecule has 1 saturated heterocycles. The Morgan fingerprint density at radius 3 is 2.05 bits per heavy atom. The highest BCUT2D eigenvalue weighted by molar-refractivity contribution is 5.97. The van der Waals surface area contributed by atoms with E-state index in [2.05, 4.69) is 10.6 Å². The lowest BCUT2D eigenvalue weighted by atomic mass is 10.0. The molecule has 41 heavy (non-hydrogen) atoms. The molecule has 0 bridgehead atoms. The van der Waals surface area contributed by atoms with Crippen LogP contribution in [-0.4, -0.2) is 92.5 Å². The second-order valence-electron chi connectivity index (χ2n) is 9.21. The van der Waals surface area contributed by atoms with Crippen molar-refractivity contribution in [1.29, 1.82) is 5.41 Å². The minimum absolute atomic E-state index is 0.0296. The summed E-state index contributed by atoms with van der Waals surface area (Å²) in [6, 6.07) is 2.89. The molecule has 14 nitrogen and oxygen atoms in total. The van der Waals surface area contributed by atoms with Crippen molar-refractivity contribution in [3.63, 3.8) is 0 Å². The number of nitrogens with one attached hydrogen (secondary N) is 3. The van der Waals surface area contributed by atoms with Crippen molar-refractivity contribution in [3.05, 3.63) is 35.4 Å². The standard InChI is InChI=1S/C22H29N5O7.C2HF3O2/c1-11(2)18(22(33)34)26-20(31)15(10-17(29)30)27-8-7-14(21(27)32)25-16(28)9-12-3-5-13(6-4-12)19(23)24;3-2(4,5)1(6)7/h3-6,11,14-15,18H,7-10H2,1-2H3,(H3,23,24)(H,25,28)(H,26,31)(H,29,30)(H,33,34);(H,6,7)/t14-,15+,18-;/m0./s1. The first-order valence-electron chi connectivity index (χ1n) is 11.9. The lowest BCUT2D eigenvalue weighted by molar-refractivity contribution is -0.192. The van der Waals surface area contributed by atoms with Crippen LogP contribution in [0.4, 0.5) is 13.2 Å². The molecule has 2 rings (SSSR count). The largest absolute Gasteiger partial charge is 0.490 e. The van der Waals surface area contributed by atoms with E-state index in [1.165, 1.54) is 0 Å². The predicted molar refractivity (Wildman–Crippen MR) is 134 cm³/mol. The summed E-state index contributed by atoms with van der Waals surface area (Å²) in [7, 11) is 0. The number of alkyl halides is 3. The smallest absolute Gasteiger partial charge is 0.481 e. The van der Waals surface area contributed by atoms with Gasteiger partial charge in [-0.15, -0.1) is 0 Å². The van der Waals surface area contributed by atoms with Gasteiger partial charge in [-0.05, 0) is 17.9 Å². The van der Waals surface area contributed by atoms with Crippen molar-refractivity contribution in [1.82, 2.24) is 15.5 Å². The summed E-state index contributed by atoms with van der Waals surface area (Å²) in [5.74, 6) is -7.85. The zero-order valence-corrected chi connectivity index (χ0v) is 21.9. The fourth-order valence-corrected chi connectivity index (χ4v) is 3.65. The average molecular weight is 590 g/mol. The van der Waals surface area contributed by atoms with E-state index >= 15 is 0 Å². The quantitative estimate of drug-likeness (QED) is 0.134. The number of aliphatic carboxylic acids is 3. The van der Waals surface area contributed by atoms with E-state index in [1.807, 2.05) is 0 Å². The number of nitrogens with two attached hydrogens (primary N) is 1. The third-order valence-electron chi connectivity index (χ3n) is 5.72. The summed E-state index contributed by atoms with van der Waals surface area (Å²) in [5.41, 5.74) is 6.55. The number of hydrogen-bond acceptors (Lipinski definition) is 7. The zero-order chi connectivity index (χ0) is 31.7. The van der Waals surface area contributed by atoms with Gasteiger partial charge in [0.15, 0.2) is 0 Å². The van der Waals surface area contributed by atoms with Crippen LogP contribution in [0.1, 0.15) is 37.8 Å². The van der Waals surface area contributed by atoms with E-state index in [0.29, 0.717) is 11.1 Å². The molecule has 1 fully saturated rings. The lowest BCUT2D eigenvalue weighted by Crippen LogP contribution is -2.55. The van der Waals surface area contributed by atoms with Crippen molar-refractivity contribution < 1.29 is 57.3 Å². The molecule has 226 valence electrons. The van der Waals surface area contributed by atoms with Gasteiger partial charge in [-0.3, -0.25) is 24.6 Å². The fourth-order valence-electron chi connectivity index (χ4n) is 3.65. The zero-order valence-electron chi connectivity index (χ0n) is 21.9. The van der Waals surface area contributed by atoms with Gasteiger partial charge in [0.05, 0.1) is 12.8 Å². The molecule has 0 radical (unpaired) electrons. The Morgan fingerprint density at radius 1 is 1.10 bits per heavy atom. The highest BCUT2D eigenvalue weighted by Crippen LogP contribution is 2.19. The van der Waals surface area contributed by atoms with Crippen LogP contribution < -0.4 is 16.4 Å². The van der Waals surface area contributed by atoms with E-state index in [-0.39, 0.29) is 25.2 Å². The van der Waals surface area contributed by atoms with Gasteiger partial charge < -0.3 is 36.6 Å². The summed E-state index contributed by atoms with van der Waals surface area (Å²) >= 11 is 0. The Balaban J connectivity index is 0.00000106. The van der Waals surface area contributed by atoms with Gasteiger partial charge in [0.2, 0.25) is 17.7 Å². The van der Waals surface area contributed by atoms with E-state index in [9.17, 15) is 47.4 Å². The molecule has 1 aliphatic rings. The van der Waals surface area contributed by atoms with Crippen LogP contribution in [0.5, 0.6) is 0 Å². The van der Waals surface area contributed by atoms with Crippen LogP contribution in [0.15, 0.2) is 24.3 Å². The molecule has 1 aromatic carbocycles. The van der Waals surface area contributed by atoms with E-state index in [4.69, 9.17) is 21.0 Å². The molecular weight excluding hydrogens is 559 g/mol. The van der Waals surface area contributed by atoms with Crippen molar-refractivity contribution in [2.75, 3.05) is 6.54 Å². The molecule has 1 aromatic rings. The average Bonchev–Trinajstić information content (AvgIpc) is 3.19. The Kier molecular flexibility index (Phi) is 12.2. The first-order valence-corrected chi connectivity index (χ1v) is 11.9. The predicted octanol–water partition coefficient (Wildman–Crippen LogP) is -0.0677. The number of carboxylic acid groups (broad SMARTS) is 3. The van der Waals surface area contributed by atoms with E-state index in [1.54, 1.807) is 38.1 Å². The number of carbonyl (C=O) groups is 6. The number of carboxylic acids is 3. The second-order valence-corrected chi connectivity index (χ2v) is 9.21. The first kappa shape index (κ1) is 34.3. The SMILES string of the molecule is CC(C)[C@H](NC(=O)[C@@H](CC(=O)O)N1CC[C@H](NC(=O)Cc2ccc(C(=N)N)cc2)C1=O)C(=O)O.O=C(O)C(F)(F)F. The molecular formula is C24H30F3N5O9. The molecule has 8 N–H and O–H groups in total. The first-order chi connectivity index (χ1) is 18.8. The molecule has 0 unspecified atom stereocenters. The summed E-state index contributed by atoms with van der Waals surface area (Å²) in [5, 5.41) is 38.0. The van der Waals surface area contributed by atoms with Crippen LogP contribution in [0, 0.1) is 11.3 Å². The van der Waals surface area contributed by atoms with Crippen molar-refractivity contribution in [3.8, 4) is 0 Å². The summed E-state index contributed by atoms with van der Waals surface area (Å²) < 4.78 is 31.7. The number of benzene rings is 1. The van der Waals surface area contributed by atoms with Crippen LogP contribution >= 0.6 is 0 Å². The highest BCUT2D eigenvalue weighted by Gasteiger charge is 2.41. The highest BCUT2D eigenvalue weighted by atomic mass is 19.4. The van der Waals surface area contributed by atoms with Gasteiger partial charge >= 0.3 is 24.1 Å². The third kappa shape index (κ3) is 10.8. The minimum atomic E-state index is -5.08. The van der Waals surface area contributed by atoms with Crippen LogP contribution in [-0.2, 0) is 35.2 Å². The number of amides is 3. The van der Waals surface area contributed by atoms with Crippen LogP contribution in [0.25, 0.3) is 0 Å². The molecule has 0 saturated carbocycles. The molecule has 3 atom stereocenters. The van der Waals surface area contributed by atoms with Gasteiger partial charge in [0.1, 0.15) is 24.0 Å². The van der Waals surface area contributed by atoms with Crippen LogP contribution in [0.3, 0.4) is 0 Å². The topological polar surface area (TPSA) is 240 Å². The van der Waals surface area contributed by atoms with Crippen LogP contribution in [0.2, 0.25) is 0 Å². The van der Waals surface area contributed by atoms with Crippen molar-refractivity contribution >= 4 is 41.5 Å². The molecule has 0 aromatic heterocycles. The van der Waals surface area contributed by atoms with Crippen molar-refractivity contribution in [2.24, 2.45) is 11.7 Å². The molecule has 17 heteroatoms. The Morgan fingerprint density at radius 2 is 1.63 bits per heavy atom. The maximum absolute atomic E-state index is 12.9. The number of hydrogen-bond donors (Lipinski definition) is 7. The van der Waals surface area contributed by atoms with E-state index < -0.39 is 72.3 Å². The van der Waals surface area contributed by atoms with Gasteiger partial charge in [0.25, 0.3) is 0 Å². The molecule has 0 spiro atoms. The Bertz CT molecular complexity index is 1170. The summed E-state index contributed by atoms with van der Waals surface area (Å²) in [6.07, 6.45) is -5.65. The summed E-state index contributed by atoms with van der Waals surface area (Å²) in [6.45, 7) is 3.21. The number of carbonyl (C=O) groups excluding carboxylic acids is 3. The van der Waals surface area contributed by atoms with Gasteiger partial charge in [0, 0.05) is 12.1 Å². The number of likely N-dealkylation sites (tertiary alicyclic amines) is 1. The molecule has 3 amide bonds. The molecule has 0 aliphatic carbocycles. The number of nitrogen functional groups attached to an aromatic ring is 1.